The normalized spacial score (nSPS) is 15.2. The smallest absolute Gasteiger partial charge is 0.254 e. The van der Waals surface area contributed by atoms with Gasteiger partial charge in [-0.25, -0.2) is 4.98 Å². The third-order valence-electron chi connectivity index (χ3n) is 6.09. The number of carbonyl (C=O) groups excluding carboxylic acids is 1. The second-order valence-electron chi connectivity index (χ2n) is 8.54. The van der Waals surface area contributed by atoms with Gasteiger partial charge in [-0.3, -0.25) is 9.69 Å². The number of fused-ring (bicyclic) bond motifs is 1. The van der Waals surface area contributed by atoms with Crippen molar-refractivity contribution in [3.63, 3.8) is 0 Å². The quantitative estimate of drug-likeness (QED) is 0.448. The molecule has 0 radical (unpaired) electrons. The van der Waals surface area contributed by atoms with Crippen LogP contribution in [-0.4, -0.2) is 66.9 Å². The van der Waals surface area contributed by atoms with Gasteiger partial charge in [0.2, 0.25) is 6.79 Å². The van der Waals surface area contributed by atoms with Crippen LogP contribution in [0.4, 0.5) is 0 Å². The SMILES string of the molecule is Cc1ccccc1OCc1nc(CN(CCN2CCOCC2)C(=O)c2ccc3c(c2)OCO3)cs1. The lowest BCUT2D eigenvalue weighted by Crippen LogP contribution is -2.43. The van der Waals surface area contributed by atoms with Gasteiger partial charge in [0.05, 0.1) is 25.5 Å². The molecule has 2 aliphatic heterocycles. The number of rotatable bonds is 9. The number of morpholine rings is 1. The summed E-state index contributed by atoms with van der Waals surface area (Å²) in [7, 11) is 0. The van der Waals surface area contributed by atoms with Crippen LogP contribution < -0.4 is 14.2 Å². The molecule has 1 amide bonds. The van der Waals surface area contributed by atoms with Crippen molar-refractivity contribution in [3.8, 4) is 17.2 Å². The molecule has 0 bridgehead atoms. The summed E-state index contributed by atoms with van der Waals surface area (Å²) < 4.78 is 22.3. The zero-order valence-electron chi connectivity index (χ0n) is 19.8. The van der Waals surface area contributed by atoms with E-state index in [9.17, 15) is 4.79 Å². The molecule has 3 heterocycles. The highest BCUT2D eigenvalue weighted by Crippen LogP contribution is 2.33. The number of hydrogen-bond acceptors (Lipinski definition) is 8. The summed E-state index contributed by atoms with van der Waals surface area (Å²) in [4.78, 5) is 22.4. The standard InChI is InChI=1S/C26H29N3O5S/c1-19-4-2-3-5-22(19)32-16-25-27-21(17-35-25)15-29(9-8-28-10-12-31-13-11-28)26(30)20-6-7-23-24(14-20)34-18-33-23/h2-7,14,17H,8-13,15-16,18H2,1H3. The predicted molar refractivity (Wildman–Crippen MR) is 132 cm³/mol. The Hall–Kier alpha value is -3.14. The van der Waals surface area contributed by atoms with Crippen molar-refractivity contribution in [1.82, 2.24) is 14.8 Å². The average molecular weight is 496 g/mol. The maximum Gasteiger partial charge on any atom is 0.254 e. The summed E-state index contributed by atoms with van der Waals surface area (Å²) in [5.41, 5.74) is 2.52. The van der Waals surface area contributed by atoms with Crippen LogP contribution in [0.3, 0.4) is 0 Å². The highest BCUT2D eigenvalue weighted by atomic mass is 32.1. The van der Waals surface area contributed by atoms with E-state index in [0.29, 0.717) is 36.8 Å². The molecule has 1 aromatic heterocycles. The zero-order chi connectivity index (χ0) is 24.0. The van der Waals surface area contributed by atoms with Crippen LogP contribution in [0.5, 0.6) is 17.2 Å². The highest BCUT2D eigenvalue weighted by molar-refractivity contribution is 7.09. The maximum atomic E-state index is 13.5. The van der Waals surface area contributed by atoms with Crippen LogP contribution in [0.15, 0.2) is 47.8 Å². The number of carbonyl (C=O) groups is 1. The monoisotopic (exact) mass is 495 g/mol. The van der Waals surface area contributed by atoms with Gasteiger partial charge in [-0.2, -0.15) is 0 Å². The minimum atomic E-state index is -0.0535. The number of amides is 1. The molecule has 184 valence electrons. The van der Waals surface area contributed by atoms with Crippen LogP contribution in [0, 0.1) is 6.92 Å². The van der Waals surface area contributed by atoms with E-state index in [2.05, 4.69) is 4.90 Å². The number of hydrogen-bond donors (Lipinski definition) is 0. The highest BCUT2D eigenvalue weighted by Gasteiger charge is 2.22. The topological polar surface area (TPSA) is 73.4 Å². The lowest BCUT2D eigenvalue weighted by molar-refractivity contribution is 0.0319. The van der Waals surface area contributed by atoms with Crippen LogP contribution in [0.25, 0.3) is 0 Å². The van der Waals surface area contributed by atoms with Gasteiger partial charge in [-0.1, -0.05) is 18.2 Å². The molecule has 0 unspecified atom stereocenters. The van der Waals surface area contributed by atoms with Gasteiger partial charge in [0, 0.05) is 37.1 Å². The van der Waals surface area contributed by atoms with E-state index >= 15 is 0 Å². The molecule has 5 rings (SSSR count). The van der Waals surface area contributed by atoms with Gasteiger partial charge >= 0.3 is 0 Å². The predicted octanol–water partition coefficient (Wildman–Crippen LogP) is 3.73. The Balaban J connectivity index is 1.27. The van der Waals surface area contributed by atoms with E-state index in [1.54, 1.807) is 29.5 Å². The average Bonchev–Trinajstić information content (AvgIpc) is 3.55. The molecule has 2 aliphatic rings. The molecule has 3 aromatic rings. The molecule has 9 heteroatoms. The molecule has 0 spiro atoms. The fourth-order valence-electron chi connectivity index (χ4n) is 4.09. The third-order valence-corrected chi connectivity index (χ3v) is 6.96. The largest absolute Gasteiger partial charge is 0.486 e. The van der Waals surface area contributed by atoms with Gasteiger partial charge in [0.25, 0.3) is 5.91 Å². The van der Waals surface area contributed by atoms with Crippen molar-refractivity contribution in [2.24, 2.45) is 0 Å². The molecule has 35 heavy (non-hydrogen) atoms. The van der Waals surface area contributed by atoms with Crippen molar-refractivity contribution in [2.45, 2.75) is 20.1 Å². The van der Waals surface area contributed by atoms with Gasteiger partial charge in [-0.05, 0) is 36.8 Å². The summed E-state index contributed by atoms with van der Waals surface area (Å²) >= 11 is 1.55. The third kappa shape index (κ3) is 5.93. The number of nitrogens with zero attached hydrogens (tertiary/aromatic N) is 3. The molecule has 0 atom stereocenters. The summed E-state index contributed by atoms with van der Waals surface area (Å²) in [6.07, 6.45) is 0. The number of benzene rings is 2. The Morgan fingerprint density at radius 3 is 2.83 bits per heavy atom. The first-order valence-corrected chi connectivity index (χ1v) is 12.6. The van der Waals surface area contributed by atoms with Crippen LogP contribution in [-0.2, 0) is 17.9 Å². The van der Waals surface area contributed by atoms with Crippen molar-refractivity contribution in [2.75, 3.05) is 46.2 Å². The van der Waals surface area contributed by atoms with E-state index in [0.717, 1.165) is 54.9 Å². The Bertz CT molecular complexity index is 1160. The molecular formula is C26H29N3O5S. The van der Waals surface area contributed by atoms with Crippen LogP contribution >= 0.6 is 11.3 Å². The van der Waals surface area contributed by atoms with Crippen LogP contribution in [0.2, 0.25) is 0 Å². The first-order chi connectivity index (χ1) is 17.2. The van der Waals surface area contributed by atoms with Gasteiger partial charge in [0.1, 0.15) is 17.4 Å². The first kappa shape index (κ1) is 23.6. The van der Waals surface area contributed by atoms with Crippen molar-refractivity contribution in [1.29, 1.82) is 0 Å². The summed E-state index contributed by atoms with van der Waals surface area (Å²) in [6, 6.07) is 13.3. The molecule has 1 saturated heterocycles. The van der Waals surface area contributed by atoms with E-state index < -0.39 is 0 Å². The second kappa shape index (κ2) is 11.1. The Labute approximate surface area is 209 Å². The van der Waals surface area contributed by atoms with Crippen molar-refractivity contribution < 1.29 is 23.7 Å². The fraction of sp³-hybridized carbons (Fsp3) is 0.385. The Morgan fingerprint density at radius 2 is 1.97 bits per heavy atom. The fourth-order valence-corrected chi connectivity index (χ4v) is 4.79. The van der Waals surface area contributed by atoms with E-state index in [1.165, 1.54) is 0 Å². The van der Waals surface area contributed by atoms with Gasteiger partial charge in [0.15, 0.2) is 11.5 Å². The summed E-state index contributed by atoms with van der Waals surface area (Å²) in [5, 5.41) is 2.89. The molecule has 0 N–H and O–H groups in total. The Kier molecular flexibility index (Phi) is 7.46. The van der Waals surface area contributed by atoms with Gasteiger partial charge in [-0.15, -0.1) is 11.3 Å². The maximum absolute atomic E-state index is 13.5. The molecule has 8 nitrogen and oxygen atoms in total. The summed E-state index contributed by atoms with van der Waals surface area (Å²) in [5.74, 6) is 2.07. The van der Waals surface area contributed by atoms with E-state index in [1.807, 2.05) is 41.5 Å². The van der Waals surface area contributed by atoms with Crippen LogP contribution in [0.1, 0.15) is 26.6 Å². The van der Waals surface area contributed by atoms with E-state index in [4.69, 9.17) is 23.9 Å². The number of para-hydroxylation sites is 1. The minimum Gasteiger partial charge on any atom is -0.486 e. The summed E-state index contributed by atoms with van der Waals surface area (Å²) in [6.45, 7) is 7.63. The molecular weight excluding hydrogens is 466 g/mol. The Morgan fingerprint density at radius 1 is 1.14 bits per heavy atom. The first-order valence-electron chi connectivity index (χ1n) is 11.8. The van der Waals surface area contributed by atoms with Crippen molar-refractivity contribution in [3.05, 3.63) is 69.7 Å². The number of thiazole rings is 1. The molecule has 0 saturated carbocycles. The molecule has 0 aliphatic carbocycles. The van der Waals surface area contributed by atoms with Gasteiger partial charge < -0.3 is 23.8 Å². The number of aryl methyl sites for hydroxylation is 1. The lowest BCUT2D eigenvalue weighted by Gasteiger charge is -2.30. The molecule has 2 aromatic carbocycles. The zero-order valence-corrected chi connectivity index (χ0v) is 20.6. The second-order valence-corrected chi connectivity index (χ2v) is 9.48. The minimum absolute atomic E-state index is 0.0535. The number of ether oxygens (including phenoxy) is 4. The van der Waals surface area contributed by atoms with E-state index in [-0.39, 0.29) is 12.7 Å². The lowest BCUT2D eigenvalue weighted by atomic mass is 10.1. The number of aromatic nitrogens is 1. The van der Waals surface area contributed by atoms with Crippen molar-refractivity contribution >= 4 is 17.2 Å². The molecule has 1 fully saturated rings.